The van der Waals surface area contributed by atoms with Crippen LogP contribution in [0.3, 0.4) is 0 Å². The van der Waals surface area contributed by atoms with E-state index in [1.165, 1.54) is 0 Å². The van der Waals surface area contributed by atoms with Gasteiger partial charge in [0.15, 0.2) is 0 Å². The number of nitrogens with zero attached hydrogens (tertiary/aromatic N) is 2. The maximum Gasteiger partial charge on any atom is 0.222 e. The van der Waals surface area contributed by atoms with Crippen molar-refractivity contribution in [3.8, 4) is 0 Å². The summed E-state index contributed by atoms with van der Waals surface area (Å²) in [4.78, 5) is 13.7. The molecule has 2 rings (SSSR count). The smallest absolute Gasteiger partial charge is 0.222 e. The van der Waals surface area contributed by atoms with Crippen LogP contribution in [0, 0.1) is 5.92 Å². The Bertz CT molecular complexity index is 363. The topological polar surface area (TPSA) is 75.0 Å². The third-order valence-electron chi connectivity index (χ3n) is 3.55. The van der Waals surface area contributed by atoms with Crippen LogP contribution in [0.2, 0.25) is 0 Å². The lowest BCUT2D eigenvalue weighted by Gasteiger charge is -2.20. The zero-order valence-corrected chi connectivity index (χ0v) is 10.2. The summed E-state index contributed by atoms with van der Waals surface area (Å²) >= 11 is 0. The van der Waals surface area contributed by atoms with E-state index in [-0.39, 0.29) is 11.9 Å². The molecule has 1 aromatic rings. The molecule has 1 heterocycles. The van der Waals surface area contributed by atoms with E-state index >= 15 is 0 Å². The largest absolute Gasteiger partial charge is 0.340 e. The number of nitrogens with one attached hydrogen (secondary N) is 1. The molecule has 0 unspecified atom stereocenters. The van der Waals surface area contributed by atoms with E-state index in [0.29, 0.717) is 18.9 Å². The molecular weight excluding hydrogens is 216 g/mol. The van der Waals surface area contributed by atoms with Crippen molar-refractivity contribution in [3.05, 3.63) is 18.0 Å². The van der Waals surface area contributed by atoms with Crippen molar-refractivity contribution in [2.24, 2.45) is 11.7 Å². The van der Waals surface area contributed by atoms with Crippen LogP contribution >= 0.6 is 0 Å². The van der Waals surface area contributed by atoms with Gasteiger partial charge < -0.3 is 10.6 Å². The molecule has 1 saturated carbocycles. The van der Waals surface area contributed by atoms with Gasteiger partial charge in [-0.1, -0.05) is 6.42 Å². The van der Waals surface area contributed by atoms with Crippen LogP contribution in [0.5, 0.6) is 0 Å². The zero-order valence-electron chi connectivity index (χ0n) is 10.2. The Morgan fingerprint density at radius 2 is 2.47 bits per heavy atom. The molecule has 3 N–H and O–H groups in total. The van der Waals surface area contributed by atoms with Crippen molar-refractivity contribution in [3.63, 3.8) is 0 Å². The Kier molecular flexibility index (Phi) is 3.78. The summed E-state index contributed by atoms with van der Waals surface area (Å²) in [6.07, 6.45) is 5.57. The zero-order chi connectivity index (χ0) is 12.3. The van der Waals surface area contributed by atoms with Crippen LogP contribution in [-0.4, -0.2) is 34.1 Å². The number of nitrogens with two attached hydrogens (primary N) is 1. The Morgan fingerprint density at radius 1 is 1.65 bits per heavy atom. The Labute approximate surface area is 101 Å². The molecule has 2 atom stereocenters. The van der Waals surface area contributed by atoms with Gasteiger partial charge in [0.25, 0.3) is 0 Å². The van der Waals surface area contributed by atoms with Crippen molar-refractivity contribution < 1.29 is 4.79 Å². The minimum atomic E-state index is 0.168. The number of hydrogen-bond donors (Lipinski definition) is 2. The SMILES string of the molecule is CN(Cc1ccn[nH]1)C(=O)C[C@@H]1CCC[C@H]1N. The van der Waals surface area contributed by atoms with E-state index < -0.39 is 0 Å². The fraction of sp³-hybridized carbons (Fsp3) is 0.667. The molecule has 0 aromatic carbocycles. The Morgan fingerprint density at radius 3 is 3.06 bits per heavy atom. The molecule has 17 heavy (non-hydrogen) atoms. The van der Waals surface area contributed by atoms with Crippen LogP contribution < -0.4 is 5.73 Å². The summed E-state index contributed by atoms with van der Waals surface area (Å²) in [6, 6.07) is 2.09. The van der Waals surface area contributed by atoms with Gasteiger partial charge in [-0.25, -0.2) is 0 Å². The van der Waals surface area contributed by atoms with Crippen LogP contribution in [0.1, 0.15) is 31.4 Å². The molecule has 0 radical (unpaired) electrons. The molecule has 0 spiro atoms. The molecule has 0 bridgehead atoms. The molecule has 5 nitrogen and oxygen atoms in total. The first kappa shape index (κ1) is 12.1. The van der Waals surface area contributed by atoms with E-state index in [1.54, 1.807) is 11.1 Å². The maximum atomic E-state index is 12.0. The first-order valence-corrected chi connectivity index (χ1v) is 6.14. The van der Waals surface area contributed by atoms with Crippen molar-refractivity contribution in [1.82, 2.24) is 15.1 Å². The number of rotatable bonds is 4. The van der Waals surface area contributed by atoms with Crippen LogP contribution in [0.4, 0.5) is 0 Å². The second-order valence-corrected chi connectivity index (χ2v) is 4.89. The summed E-state index contributed by atoms with van der Waals surface area (Å²) in [5.41, 5.74) is 6.93. The molecular formula is C12H20N4O. The van der Waals surface area contributed by atoms with Gasteiger partial charge in [0.2, 0.25) is 5.91 Å². The maximum absolute atomic E-state index is 12.0. The molecule has 1 amide bonds. The fourth-order valence-electron chi connectivity index (χ4n) is 2.42. The van der Waals surface area contributed by atoms with E-state index in [0.717, 1.165) is 25.0 Å². The average Bonchev–Trinajstić information content (AvgIpc) is 2.91. The van der Waals surface area contributed by atoms with Crippen molar-refractivity contribution in [2.45, 2.75) is 38.3 Å². The highest BCUT2D eigenvalue weighted by molar-refractivity contribution is 5.76. The second kappa shape index (κ2) is 5.31. The number of carbonyl (C=O) groups is 1. The Balaban J connectivity index is 1.83. The van der Waals surface area contributed by atoms with Crippen LogP contribution in [0.25, 0.3) is 0 Å². The average molecular weight is 236 g/mol. The molecule has 1 aromatic heterocycles. The van der Waals surface area contributed by atoms with E-state index in [2.05, 4.69) is 10.2 Å². The van der Waals surface area contributed by atoms with Crippen molar-refractivity contribution >= 4 is 5.91 Å². The molecule has 94 valence electrons. The van der Waals surface area contributed by atoms with E-state index in [4.69, 9.17) is 5.73 Å². The van der Waals surface area contributed by atoms with E-state index in [9.17, 15) is 4.79 Å². The number of hydrogen-bond acceptors (Lipinski definition) is 3. The monoisotopic (exact) mass is 236 g/mol. The van der Waals surface area contributed by atoms with Crippen LogP contribution in [0.15, 0.2) is 12.3 Å². The summed E-state index contributed by atoms with van der Waals surface area (Å²) < 4.78 is 0. The lowest BCUT2D eigenvalue weighted by molar-refractivity contribution is -0.131. The first-order valence-electron chi connectivity index (χ1n) is 6.14. The molecule has 1 fully saturated rings. The minimum absolute atomic E-state index is 0.168. The molecule has 0 aliphatic heterocycles. The van der Waals surface area contributed by atoms with Gasteiger partial charge in [0.05, 0.1) is 12.2 Å². The minimum Gasteiger partial charge on any atom is -0.340 e. The number of carbonyl (C=O) groups excluding carboxylic acids is 1. The highest BCUT2D eigenvalue weighted by atomic mass is 16.2. The van der Waals surface area contributed by atoms with Gasteiger partial charge in [-0.3, -0.25) is 9.89 Å². The van der Waals surface area contributed by atoms with Gasteiger partial charge in [-0.15, -0.1) is 0 Å². The highest BCUT2D eigenvalue weighted by Gasteiger charge is 2.27. The predicted molar refractivity (Wildman–Crippen MR) is 65.0 cm³/mol. The summed E-state index contributed by atoms with van der Waals surface area (Å²) in [5, 5.41) is 6.72. The predicted octanol–water partition coefficient (Wildman–Crippen LogP) is 0.886. The van der Waals surface area contributed by atoms with Crippen molar-refractivity contribution in [1.29, 1.82) is 0 Å². The van der Waals surface area contributed by atoms with Gasteiger partial charge in [-0.05, 0) is 24.8 Å². The van der Waals surface area contributed by atoms with Gasteiger partial charge in [0, 0.05) is 25.7 Å². The summed E-state index contributed by atoms with van der Waals surface area (Å²) in [7, 11) is 1.82. The Hall–Kier alpha value is -1.36. The van der Waals surface area contributed by atoms with Gasteiger partial charge in [-0.2, -0.15) is 5.10 Å². The molecule has 5 heteroatoms. The molecule has 0 saturated heterocycles. The third kappa shape index (κ3) is 3.06. The molecule has 1 aliphatic rings. The highest BCUT2D eigenvalue weighted by Crippen LogP contribution is 2.27. The van der Waals surface area contributed by atoms with Gasteiger partial charge in [0.1, 0.15) is 0 Å². The number of H-pyrrole nitrogens is 1. The molecule has 1 aliphatic carbocycles. The number of aromatic amines is 1. The fourth-order valence-corrected chi connectivity index (χ4v) is 2.42. The number of aromatic nitrogens is 2. The second-order valence-electron chi connectivity index (χ2n) is 4.89. The first-order chi connectivity index (χ1) is 8.16. The van der Waals surface area contributed by atoms with Crippen LogP contribution in [-0.2, 0) is 11.3 Å². The summed E-state index contributed by atoms with van der Waals surface area (Å²) in [5.74, 6) is 0.536. The van der Waals surface area contributed by atoms with Gasteiger partial charge >= 0.3 is 0 Å². The third-order valence-corrected chi connectivity index (χ3v) is 3.55. The lowest BCUT2D eigenvalue weighted by atomic mass is 9.99. The standard InChI is InChI=1S/C12H20N4O/c1-16(8-10-5-6-14-15-10)12(17)7-9-3-2-4-11(9)13/h5-6,9,11H,2-4,7-8,13H2,1H3,(H,14,15)/t9-,11+/m0/s1. The van der Waals surface area contributed by atoms with E-state index in [1.807, 2.05) is 13.1 Å². The lowest BCUT2D eigenvalue weighted by Crippen LogP contribution is -2.32. The number of amides is 1. The normalized spacial score (nSPS) is 23.9. The summed E-state index contributed by atoms with van der Waals surface area (Å²) in [6.45, 7) is 0.584. The van der Waals surface area contributed by atoms with Crippen molar-refractivity contribution in [2.75, 3.05) is 7.05 Å². The quantitative estimate of drug-likeness (QED) is 0.815.